The largest absolute Gasteiger partial charge is 0.443 e. The van der Waals surface area contributed by atoms with Crippen LogP contribution < -0.4 is 0 Å². The van der Waals surface area contributed by atoms with Gasteiger partial charge < -0.3 is 4.74 Å². The van der Waals surface area contributed by atoms with E-state index in [9.17, 15) is 9.59 Å². The molecule has 2 bridgehead atoms. The summed E-state index contributed by atoms with van der Waals surface area (Å²) in [6.45, 7) is 6.73. The number of hydrogen-bond acceptors (Lipinski definition) is 4. The SMILES string of the molecule is CC1(C)C2CC[C@@]1(C)[C@H]1[C@@H]2OC(=O)N1C(=O)C[C@H](S)c1ccccc1. The smallest absolute Gasteiger partial charge is 0.417 e. The van der Waals surface area contributed by atoms with Gasteiger partial charge in [0.25, 0.3) is 0 Å². The molecule has 5 atom stereocenters. The molecule has 4 rings (SSSR count). The highest BCUT2D eigenvalue weighted by atomic mass is 32.1. The number of carbonyl (C=O) groups excluding carboxylic acids is 2. The molecule has 1 aliphatic heterocycles. The Morgan fingerprint density at radius 3 is 2.68 bits per heavy atom. The predicted molar refractivity (Wildman–Crippen MR) is 98.3 cm³/mol. The van der Waals surface area contributed by atoms with Crippen molar-refractivity contribution in [2.45, 2.75) is 57.4 Å². The van der Waals surface area contributed by atoms with E-state index in [1.807, 2.05) is 30.3 Å². The third-order valence-corrected chi connectivity index (χ3v) is 7.75. The van der Waals surface area contributed by atoms with E-state index in [2.05, 4.69) is 33.4 Å². The quantitative estimate of drug-likeness (QED) is 0.822. The lowest BCUT2D eigenvalue weighted by molar-refractivity contribution is -0.131. The second-order valence-corrected chi connectivity index (χ2v) is 9.10. The Kier molecular flexibility index (Phi) is 3.73. The highest BCUT2D eigenvalue weighted by Crippen LogP contribution is 2.68. The zero-order valence-electron chi connectivity index (χ0n) is 14.9. The van der Waals surface area contributed by atoms with E-state index in [-0.39, 0.29) is 40.6 Å². The highest BCUT2D eigenvalue weighted by molar-refractivity contribution is 7.80. The van der Waals surface area contributed by atoms with Crippen molar-refractivity contribution in [3.05, 3.63) is 35.9 Å². The third-order valence-electron chi connectivity index (χ3n) is 7.27. The number of thiol groups is 1. The van der Waals surface area contributed by atoms with Crippen molar-refractivity contribution >= 4 is 24.6 Å². The first-order valence-corrected chi connectivity index (χ1v) is 9.55. The first kappa shape index (κ1) is 17.0. The van der Waals surface area contributed by atoms with Gasteiger partial charge in [-0.15, -0.1) is 0 Å². The van der Waals surface area contributed by atoms with Gasteiger partial charge in [0.1, 0.15) is 6.10 Å². The minimum atomic E-state index is -0.470. The molecule has 1 heterocycles. The van der Waals surface area contributed by atoms with Gasteiger partial charge in [0.15, 0.2) is 0 Å². The molecule has 3 fully saturated rings. The molecule has 4 nitrogen and oxygen atoms in total. The molecule has 0 N–H and O–H groups in total. The number of nitrogens with zero attached hydrogens (tertiary/aromatic N) is 1. The maximum absolute atomic E-state index is 13.0. The minimum Gasteiger partial charge on any atom is -0.443 e. The normalized spacial score (nSPS) is 36.2. The third kappa shape index (κ3) is 2.21. The summed E-state index contributed by atoms with van der Waals surface area (Å²) in [5, 5.41) is -0.222. The van der Waals surface area contributed by atoms with Gasteiger partial charge in [-0.05, 0) is 29.2 Å². The second kappa shape index (κ2) is 5.50. The summed E-state index contributed by atoms with van der Waals surface area (Å²) in [5.41, 5.74) is 0.979. The van der Waals surface area contributed by atoms with Crippen molar-refractivity contribution in [2.24, 2.45) is 16.7 Å². The average molecular weight is 359 g/mol. The van der Waals surface area contributed by atoms with E-state index in [4.69, 9.17) is 4.74 Å². The van der Waals surface area contributed by atoms with Crippen LogP contribution in [-0.2, 0) is 9.53 Å². The van der Waals surface area contributed by atoms with Gasteiger partial charge in [-0.1, -0.05) is 51.1 Å². The molecule has 3 aliphatic rings. The second-order valence-electron chi connectivity index (χ2n) is 8.47. The molecule has 1 aromatic carbocycles. The number of rotatable bonds is 3. The van der Waals surface area contributed by atoms with Crippen LogP contribution in [0.2, 0.25) is 0 Å². The molecule has 1 aromatic rings. The van der Waals surface area contributed by atoms with Crippen LogP contribution in [0.25, 0.3) is 0 Å². The summed E-state index contributed by atoms with van der Waals surface area (Å²) in [7, 11) is 0. The fraction of sp³-hybridized carbons (Fsp3) is 0.600. The van der Waals surface area contributed by atoms with E-state index in [1.54, 1.807) is 0 Å². The zero-order valence-corrected chi connectivity index (χ0v) is 15.8. The molecule has 5 heteroatoms. The standard InChI is InChI=1S/C20H25NO3S/c1-19(2)13-9-10-20(19,3)17-16(13)24-18(23)21(17)15(22)11-14(25)12-7-5-4-6-8-12/h4-8,13-14,16-17,25H,9-11H2,1-3H3/t13?,14-,16+,17+,20-/m0/s1. The van der Waals surface area contributed by atoms with Gasteiger partial charge in [0.05, 0.1) is 6.04 Å². The minimum absolute atomic E-state index is 0.0708. The lowest BCUT2D eigenvalue weighted by atomic mass is 9.69. The lowest BCUT2D eigenvalue weighted by Gasteiger charge is -2.40. The molecule has 0 aromatic heterocycles. The molecule has 2 saturated carbocycles. The molecule has 2 aliphatic carbocycles. The van der Waals surface area contributed by atoms with Crippen molar-refractivity contribution in [1.82, 2.24) is 4.90 Å². The number of imide groups is 1. The molecule has 25 heavy (non-hydrogen) atoms. The van der Waals surface area contributed by atoms with Crippen LogP contribution in [0.1, 0.15) is 50.8 Å². The van der Waals surface area contributed by atoms with Crippen molar-refractivity contribution in [1.29, 1.82) is 0 Å². The molecule has 1 saturated heterocycles. The van der Waals surface area contributed by atoms with Gasteiger partial charge >= 0.3 is 6.09 Å². The molecule has 0 spiro atoms. The zero-order chi connectivity index (χ0) is 18.0. The number of hydrogen-bond donors (Lipinski definition) is 1. The van der Waals surface area contributed by atoms with E-state index in [0.29, 0.717) is 5.92 Å². The number of fused-ring (bicyclic) bond motifs is 5. The van der Waals surface area contributed by atoms with E-state index >= 15 is 0 Å². The summed E-state index contributed by atoms with van der Waals surface area (Å²) in [6, 6.07) is 9.57. The Morgan fingerprint density at radius 2 is 2.00 bits per heavy atom. The number of amides is 2. The number of carbonyl (C=O) groups is 2. The van der Waals surface area contributed by atoms with Crippen molar-refractivity contribution in [2.75, 3.05) is 0 Å². The van der Waals surface area contributed by atoms with E-state index in [1.165, 1.54) is 4.90 Å². The molecule has 134 valence electrons. The summed E-state index contributed by atoms with van der Waals surface area (Å²) in [6.07, 6.45) is 1.68. The maximum Gasteiger partial charge on any atom is 0.417 e. The predicted octanol–water partition coefficient (Wildman–Crippen LogP) is 4.22. The van der Waals surface area contributed by atoms with E-state index < -0.39 is 6.09 Å². The topological polar surface area (TPSA) is 46.6 Å². The summed E-state index contributed by atoms with van der Waals surface area (Å²) in [5.74, 6) is 0.163. The van der Waals surface area contributed by atoms with Gasteiger partial charge in [0, 0.05) is 17.6 Å². The Hall–Kier alpha value is -1.49. The summed E-state index contributed by atoms with van der Waals surface area (Å²) in [4.78, 5) is 26.9. The molecular formula is C20H25NO3S. The van der Waals surface area contributed by atoms with E-state index in [0.717, 1.165) is 18.4 Å². The summed E-state index contributed by atoms with van der Waals surface area (Å²) < 4.78 is 5.68. The first-order chi connectivity index (χ1) is 11.8. The van der Waals surface area contributed by atoms with Crippen LogP contribution in [0.4, 0.5) is 4.79 Å². The van der Waals surface area contributed by atoms with Gasteiger partial charge in [-0.2, -0.15) is 12.6 Å². The van der Waals surface area contributed by atoms with Crippen LogP contribution in [0.3, 0.4) is 0 Å². The average Bonchev–Trinajstić information content (AvgIpc) is 3.08. The van der Waals surface area contributed by atoms with Crippen LogP contribution in [0.5, 0.6) is 0 Å². The molecule has 0 radical (unpaired) electrons. The Balaban J connectivity index is 1.58. The van der Waals surface area contributed by atoms with Crippen LogP contribution in [0, 0.1) is 16.7 Å². The van der Waals surface area contributed by atoms with Crippen LogP contribution in [0.15, 0.2) is 30.3 Å². The van der Waals surface area contributed by atoms with Crippen LogP contribution in [-0.4, -0.2) is 29.0 Å². The van der Waals surface area contributed by atoms with Gasteiger partial charge in [-0.25, -0.2) is 9.69 Å². The Bertz CT molecular complexity index is 719. The highest BCUT2D eigenvalue weighted by Gasteiger charge is 2.72. The fourth-order valence-electron chi connectivity index (χ4n) is 5.43. The molecule has 1 unspecified atom stereocenters. The summed E-state index contributed by atoms with van der Waals surface area (Å²) >= 11 is 4.59. The van der Waals surface area contributed by atoms with Crippen molar-refractivity contribution in [3.63, 3.8) is 0 Å². The van der Waals surface area contributed by atoms with Gasteiger partial charge in [-0.3, -0.25) is 4.79 Å². The Morgan fingerprint density at radius 1 is 1.32 bits per heavy atom. The maximum atomic E-state index is 13.0. The monoisotopic (exact) mass is 359 g/mol. The number of benzene rings is 1. The first-order valence-electron chi connectivity index (χ1n) is 9.03. The molecule has 2 amide bonds. The number of ether oxygens (including phenoxy) is 1. The van der Waals surface area contributed by atoms with Crippen molar-refractivity contribution < 1.29 is 14.3 Å². The Labute approximate surface area is 154 Å². The molecular weight excluding hydrogens is 334 g/mol. The van der Waals surface area contributed by atoms with Crippen molar-refractivity contribution in [3.8, 4) is 0 Å². The fourth-order valence-corrected chi connectivity index (χ4v) is 5.76. The lowest BCUT2D eigenvalue weighted by Crippen LogP contribution is -2.50. The van der Waals surface area contributed by atoms with Crippen LogP contribution >= 0.6 is 12.6 Å². The van der Waals surface area contributed by atoms with Gasteiger partial charge in [0.2, 0.25) is 5.91 Å².